The van der Waals surface area contributed by atoms with Gasteiger partial charge in [-0.3, -0.25) is 25.0 Å². The molecule has 2 aromatic carbocycles. The fourth-order valence-corrected chi connectivity index (χ4v) is 2.18. The number of benzene rings is 2. The minimum Gasteiger partial charge on any atom is -0.344 e. The number of hydrogen-bond acceptors (Lipinski definition) is 6. The molecule has 12 heteroatoms. The van der Waals surface area contributed by atoms with Gasteiger partial charge < -0.3 is 10.6 Å². The Bertz CT molecular complexity index is 878. The zero-order chi connectivity index (χ0) is 20.4. The summed E-state index contributed by atoms with van der Waals surface area (Å²) in [6.45, 7) is 1.28. The van der Waals surface area contributed by atoms with E-state index in [4.69, 9.17) is 0 Å². The van der Waals surface area contributed by atoms with E-state index < -0.39 is 38.6 Å². The molecule has 142 valence electrons. The van der Waals surface area contributed by atoms with Crippen molar-refractivity contribution in [1.82, 2.24) is 0 Å². The third-order valence-corrected chi connectivity index (χ3v) is 3.29. The van der Waals surface area contributed by atoms with Crippen LogP contribution in [0.5, 0.6) is 0 Å². The van der Waals surface area contributed by atoms with Gasteiger partial charge in [0.05, 0.1) is 15.4 Å². The topological polar surface area (TPSA) is 127 Å². The lowest BCUT2D eigenvalue weighted by atomic mass is 10.1. The SMILES string of the molecule is CC(=O)Nc1ccc(Nc2c([N+](=O)[O-])cc(C(F)(F)F)cc2[N+](=O)[O-])cc1. The Labute approximate surface area is 149 Å². The number of amides is 1. The summed E-state index contributed by atoms with van der Waals surface area (Å²) >= 11 is 0. The number of hydrogen-bond donors (Lipinski definition) is 2. The summed E-state index contributed by atoms with van der Waals surface area (Å²) in [5, 5.41) is 27.2. The molecule has 0 radical (unpaired) electrons. The number of carbonyl (C=O) groups excluding carboxylic acids is 1. The Morgan fingerprint density at radius 2 is 1.41 bits per heavy atom. The van der Waals surface area contributed by atoms with Crippen LogP contribution >= 0.6 is 0 Å². The van der Waals surface area contributed by atoms with Gasteiger partial charge in [-0.05, 0) is 24.3 Å². The second kappa shape index (κ2) is 7.27. The van der Waals surface area contributed by atoms with Gasteiger partial charge in [0.15, 0.2) is 5.69 Å². The van der Waals surface area contributed by atoms with Gasteiger partial charge in [0.1, 0.15) is 0 Å². The quantitative estimate of drug-likeness (QED) is 0.587. The maximum absolute atomic E-state index is 12.9. The van der Waals surface area contributed by atoms with Gasteiger partial charge >= 0.3 is 6.18 Å². The Morgan fingerprint density at radius 3 is 1.78 bits per heavy atom. The molecule has 0 spiro atoms. The smallest absolute Gasteiger partial charge is 0.344 e. The number of anilines is 3. The summed E-state index contributed by atoms with van der Waals surface area (Å²) < 4.78 is 38.6. The molecule has 0 aliphatic carbocycles. The van der Waals surface area contributed by atoms with Crippen LogP contribution in [0.2, 0.25) is 0 Å². The average Bonchev–Trinajstić information content (AvgIpc) is 2.54. The van der Waals surface area contributed by atoms with Crippen molar-refractivity contribution in [1.29, 1.82) is 0 Å². The van der Waals surface area contributed by atoms with Crippen LogP contribution in [-0.2, 0) is 11.0 Å². The maximum atomic E-state index is 12.9. The molecule has 0 bridgehead atoms. The fourth-order valence-electron chi connectivity index (χ4n) is 2.18. The Morgan fingerprint density at radius 1 is 0.963 bits per heavy atom. The number of carbonyl (C=O) groups is 1. The minimum absolute atomic E-state index is 0.134. The van der Waals surface area contributed by atoms with Crippen molar-refractivity contribution >= 4 is 34.3 Å². The number of rotatable bonds is 5. The van der Waals surface area contributed by atoms with Crippen LogP contribution in [0.1, 0.15) is 12.5 Å². The molecule has 0 aromatic heterocycles. The number of alkyl halides is 3. The standard InChI is InChI=1S/C15H11F3N4O5/c1-8(23)19-10-2-4-11(5-3-10)20-14-12(21(24)25)6-9(15(16,17)18)7-13(14)22(26)27/h2-7,20H,1H3,(H,19,23). The van der Waals surface area contributed by atoms with Crippen molar-refractivity contribution in [2.75, 3.05) is 10.6 Å². The minimum atomic E-state index is -4.99. The van der Waals surface area contributed by atoms with Crippen molar-refractivity contribution in [3.8, 4) is 0 Å². The van der Waals surface area contributed by atoms with Crippen molar-refractivity contribution in [3.05, 3.63) is 62.2 Å². The van der Waals surface area contributed by atoms with E-state index in [1.165, 1.54) is 31.2 Å². The molecule has 9 nitrogen and oxygen atoms in total. The lowest BCUT2D eigenvalue weighted by Crippen LogP contribution is -2.09. The molecule has 0 atom stereocenters. The second-order valence-corrected chi connectivity index (χ2v) is 5.29. The van der Waals surface area contributed by atoms with Crippen molar-refractivity contribution in [2.24, 2.45) is 0 Å². The highest BCUT2D eigenvalue weighted by atomic mass is 19.4. The molecule has 0 aliphatic heterocycles. The van der Waals surface area contributed by atoms with Crippen molar-refractivity contribution < 1.29 is 27.8 Å². The van der Waals surface area contributed by atoms with Crippen LogP contribution < -0.4 is 10.6 Å². The van der Waals surface area contributed by atoms with Crippen LogP contribution in [0.3, 0.4) is 0 Å². The van der Waals surface area contributed by atoms with Crippen molar-refractivity contribution in [2.45, 2.75) is 13.1 Å². The van der Waals surface area contributed by atoms with E-state index in [-0.39, 0.29) is 23.7 Å². The molecular formula is C15H11F3N4O5. The van der Waals surface area contributed by atoms with Gasteiger partial charge in [0.2, 0.25) is 5.91 Å². The largest absolute Gasteiger partial charge is 0.416 e. The van der Waals surface area contributed by atoms with E-state index in [1.807, 2.05) is 0 Å². The van der Waals surface area contributed by atoms with Crippen molar-refractivity contribution in [3.63, 3.8) is 0 Å². The summed E-state index contributed by atoms with van der Waals surface area (Å²) in [6.07, 6.45) is -4.99. The van der Waals surface area contributed by atoms with Gasteiger partial charge in [-0.25, -0.2) is 0 Å². The predicted octanol–water partition coefficient (Wildman–Crippen LogP) is 4.22. The van der Waals surface area contributed by atoms with E-state index in [9.17, 15) is 38.2 Å². The van der Waals surface area contributed by atoms with Gasteiger partial charge in [0, 0.05) is 30.4 Å². The van der Waals surface area contributed by atoms with Crippen LogP contribution in [0.15, 0.2) is 36.4 Å². The van der Waals surface area contributed by atoms with Gasteiger partial charge in [-0.15, -0.1) is 0 Å². The molecular weight excluding hydrogens is 373 g/mol. The lowest BCUT2D eigenvalue weighted by molar-refractivity contribution is -0.392. The highest BCUT2D eigenvalue weighted by Crippen LogP contribution is 2.42. The Kier molecular flexibility index (Phi) is 5.28. The predicted molar refractivity (Wildman–Crippen MR) is 88.8 cm³/mol. The highest BCUT2D eigenvalue weighted by molar-refractivity contribution is 5.89. The molecule has 0 heterocycles. The van der Waals surface area contributed by atoms with Gasteiger partial charge in [-0.2, -0.15) is 13.2 Å². The first-order valence-corrected chi connectivity index (χ1v) is 7.17. The second-order valence-electron chi connectivity index (χ2n) is 5.29. The molecule has 1 amide bonds. The molecule has 0 saturated carbocycles. The van der Waals surface area contributed by atoms with Crippen LogP contribution in [0.25, 0.3) is 0 Å². The van der Waals surface area contributed by atoms with Gasteiger partial charge in [-0.1, -0.05) is 0 Å². The Balaban J connectivity index is 2.52. The maximum Gasteiger partial charge on any atom is 0.416 e. The molecule has 27 heavy (non-hydrogen) atoms. The van der Waals surface area contributed by atoms with E-state index in [2.05, 4.69) is 10.6 Å². The Hall–Kier alpha value is -3.70. The number of nitrogens with one attached hydrogen (secondary N) is 2. The van der Waals surface area contributed by atoms with E-state index in [0.717, 1.165) is 0 Å². The molecule has 0 unspecified atom stereocenters. The van der Waals surface area contributed by atoms with E-state index in [0.29, 0.717) is 5.69 Å². The third-order valence-electron chi connectivity index (χ3n) is 3.29. The van der Waals surface area contributed by atoms with E-state index in [1.54, 1.807) is 0 Å². The monoisotopic (exact) mass is 384 g/mol. The molecule has 0 aliphatic rings. The van der Waals surface area contributed by atoms with Crippen LogP contribution in [-0.4, -0.2) is 15.8 Å². The zero-order valence-corrected chi connectivity index (χ0v) is 13.5. The van der Waals surface area contributed by atoms with Gasteiger partial charge in [0.25, 0.3) is 11.4 Å². The number of nitro groups is 2. The normalized spacial score (nSPS) is 11.0. The fraction of sp³-hybridized carbons (Fsp3) is 0.133. The summed E-state index contributed by atoms with van der Waals surface area (Å²) in [4.78, 5) is 31.0. The molecule has 2 N–H and O–H groups in total. The summed E-state index contributed by atoms with van der Waals surface area (Å²) in [6, 6.07) is 5.95. The first-order chi connectivity index (χ1) is 12.5. The number of nitrogens with zero attached hydrogens (tertiary/aromatic N) is 2. The molecule has 0 fully saturated rings. The van der Waals surface area contributed by atoms with Crippen LogP contribution in [0, 0.1) is 20.2 Å². The molecule has 0 saturated heterocycles. The summed E-state index contributed by atoms with van der Waals surface area (Å²) in [5.41, 5.74) is -3.86. The van der Waals surface area contributed by atoms with Crippen LogP contribution in [0.4, 0.5) is 41.6 Å². The molecule has 2 aromatic rings. The summed E-state index contributed by atoms with van der Waals surface area (Å²) in [7, 11) is 0. The lowest BCUT2D eigenvalue weighted by Gasteiger charge is -2.12. The average molecular weight is 384 g/mol. The summed E-state index contributed by atoms with van der Waals surface area (Å²) in [5.74, 6) is -0.343. The number of nitro benzene ring substituents is 2. The number of halogens is 3. The first kappa shape index (κ1) is 19.6. The first-order valence-electron chi connectivity index (χ1n) is 7.17. The zero-order valence-electron chi connectivity index (χ0n) is 13.5. The third kappa shape index (κ3) is 4.68. The van der Waals surface area contributed by atoms with E-state index >= 15 is 0 Å². The molecule has 2 rings (SSSR count). The highest BCUT2D eigenvalue weighted by Gasteiger charge is 2.37.